The number of hydrogen-bond acceptors (Lipinski definition) is 4. The minimum atomic E-state index is -0.314. The Morgan fingerprint density at radius 1 is 1.22 bits per heavy atom. The van der Waals surface area contributed by atoms with E-state index in [-0.39, 0.29) is 31.3 Å². The molecule has 0 bridgehead atoms. The third kappa shape index (κ3) is 2.65. The van der Waals surface area contributed by atoms with Crippen molar-refractivity contribution in [2.45, 2.75) is 19.4 Å². The molecule has 2 amide bonds. The lowest BCUT2D eigenvalue weighted by atomic mass is 10.2. The van der Waals surface area contributed by atoms with Gasteiger partial charge in [0.15, 0.2) is 0 Å². The summed E-state index contributed by atoms with van der Waals surface area (Å²) < 4.78 is 0. The maximum atomic E-state index is 11.3. The summed E-state index contributed by atoms with van der Waals surface area (Å²) in [6, 6.07) is 6.67. The van der Waals surface area contributed by atoms with Crippen molar-refractivity contribution in [1.29, 1.82) is 0 Å². The zero-order valence-corrected chi connectivity index (χ0v) is 9.44. The van der Waals surface area contributed by atoms with Crippen molar-refractivity contribution in [3.8, 4) is 0 Å². The van der Waals surface area contributed by atoms with Gasteiger partial charge in [-0.3, -0.25) is 14.4 Å². The van der Waals surface area contributed by atoms with Gasteiger partial charge in [0.1, 0.15) is 6.61 Å². The molecular weight excluding hydrogens is 236 g/mol. The number of hydroxylamine groups is 2. The molecule has 18 heavy (non-hydrogen) atoms. The van der Waals surface area contributed by atoms with Gasteiger partial charge in [-0.25, -0.2) is 0 Å². The number of imide groups is 1. The summed E-state index contributed by atoms with van der Waals surface area (Å²) in [4.78, 5) is 30.3. The predicted octanol–water partition coefficient (Wildman–Crippen LogP) is 2.21. The molecule has 0 unspecified atom stereocenters. The van der Waals surface area contributed by atoms with Crippen molar-refractivity contribution in [2.24, 2.45) is 5.11 Å². The second-order valence-corrected chi connectivity index (χ2v) is 3.71. The van der Waals surface area contributed by atoms with Crippen LogP contribution < -0.4 is 0 Å². The van der Waals surface area contributed by atoms with Gasteiger partial charge in [0.05, 0.1) is 0 Å². The molecule has 1 aromatic rings. The predicted molar refractivity (Wildman–Crippen MR) is 61.1 cm³/mol. The number of benzene rings is 1. The largest absolute Gasteiger partial charge is 0.272 e. The van der Waals surface area contributed by atoms with Gasteiger partial charge in [-0.05, 0) is 11.1 Å². The topological polar surface area (TPSA) is 95.4 Å². The van der Waals surface area contributed by atoms with E-state index in [0.717, 1.165) is 10.6 Å². The summed E-state index contributed by atoms with van der Waals surface area (Å²) in [7, 11) is 0. The zero-order chi connectivity index (χ0) is 13.0. The van der Waals surface area contributed by atoms with Gasteiger partial charge in [0, 0.05) is 23.4 Å². The molecule has 1 heterocycles. The smallest absolute Gasteiger partial charge is 0.254 e. The van der Waals surface area contributed by atoms with Crippen LogP contribution in [-0.2, 0) is 21.0 Å². The van der Waals surface area contributed by atoms with Crippen molar-refractivity contribution in [3.05, 3.63) is 40.3 Å². The van der Waals surface area contributed by atoms with Crippen LogP contribution >= 0.6 is 0 Å². The molecule has 1 fully saturated rings. The quantitative estimate of drug-likeness (QED) is 0.352. The van der Waals surface area contributed by atoms with E-state index >= 15 is 0 Å². The van der Waals surface area contributed by atoms with Crippen molar-refractivity contribution >= 4 is 17.5 Å². The molecule has 2 rings (SSSR count). The SMILES string of the molecule is [N-]=[N+]=Nc1ccc(CON2C(=O)CCC2=O)cc1. The molecular formula is C11H10N4O3. The lowest BCUT2D eigenvalue weighted by molar-refractivity contribution is -0.191. The number of nitrogens with zero attached hydrogens (tertiary/aromatic N) is 4. The van der Waals surface area contributed by atoms with Crippen LogP contribution in [0.25, 0.3) is 10.4 Å². The number of hydrogen-bond donors (Lipinski definition) is 0. The average Bonchev–Trinajstić information content (AvgIpc) is 2.69. The molecule has 1 aromatic carbocycles. The number of amides is 2. The molecule has 0 saturated carbocycles. The molecule has 92 valence electrons. The molecule has 0 spiro atoms. The Labute approximate surface area is 103 Å². The molecule has 0 atom stereocenters. The monoisotopic (exact) mass is 246 g/mol. The van der Waals surface area contributed by atoms with E-state index in [1.165, 1.54) is 0 Å². The van der Waals surface area contributed by atoms with Gasteiger partial charge >= 0.3 is 0 Å². The third-order valence-electron chi connectivity index (χ3n) is 2.46. The lowest BCUT2D eigenvalue weighted by Crippen LogP contribution is -2.28. The lowest BCUT2D eigenvalue weighted by Gasteiger charge is -2.13. The normalized spacial score (nSPS) is 14.8. The van der Waals surface area contributed by atoms with Gasteiger partial charge in [-0.15, -0.1) is 0 Å². The summed E-state index contributed by atoms with van der Waals surface area (Å²) in [5.74, 6) is -0.628. The highest BCUT2D eigenvalue weighted by Crippen LogP contribution is 2.16. The maximum Gasteiger partial charge on any atom is 0.254 e. The van der Waals surface area contributed by atoms with Crippen molar-refractivity contribution in [2.75, 3.05) is 0 Å². The first-order valence-corrected chi connectivity index (χ1v) is 5.33. The Morgan fingerprint density at radius 2 is 1.83 bits per heavy atom. The van der Waals surface area contributed by atoms with Crippen molar-refractivity contribution in [3.63, 3.8) is 0 Å². The van der Waals surface area contributed by atoms with Gasteiger partial charge in [0.25, 0.3) is 11.8 Å². The average molecular weight is 246 g/mol. The molecule has 7 heteroatoms. The van der Waals surface area contributed by atoms with E-state index in [1.54, 1.807) is 24.3 Å². The van der Waals surface area contributed by atoms with Crippen LogP contribution in [0.5, 0.6) is 0 Å². The summed E-state index contributed by atoms with van der Waals surface area (Å²) in [6.07, 6.45) is 0.406. The van der Waals surface area contributed by atoms with E-state index in [0.29, 0.717) is 5.69 Å². The molecule has 0 N–H and O–H groups in total. The summed E-state index contributed by atoms with van der Waals surface area (Å²) in [5.41, 5.74) is 9.52. The number of rotatable bonds is 4. The van der Waals surface area contributed by atoms with Crippen LogP contribution in [0.15, 0.2) is 29.4 Å². The van der Waals surface area contributed by atoms with Crippen LogP contribution in [-0.4, -0.2) is 16.9 Å². The van der Waals surface area contributed by atoms with Crippen LogP contribution in [0, 0.1) is 0 Å². The van der Waals surface area contributed by atoms with E-state index in [2.05, 4.69) is 10.0 Å². The third-order valence-corrected chi connectivity index (χ3v) is 2.46. The highest BCUT2D eigenvalue weighted by Gasteiger charge is 2.30. The number of azide groups is 1. The van der Waals surface area contributed by atoms with E-state index < -0.39 is 0 Å². The Kier molecular flexibility index (Phi) is 3.57. The van der Waals surface area contributed by atoms with E-state index in [1.807, 2.05) is 0 Å². The molecule has 7 nitrogen and oxygen atoms in total. The summed E-state index contributed by atoms with van der Waals surface area (Å²) in [5, 5.41) is 4.24. The Bertz CT molecular complexity index is 504. The minimum absolute atomic E-state index is 0.119. The fourth-order valence-electron chi connectivity index (χ4n) is 1.55. The number of carbonyl (C=O) groups excluding carboxylic acids is 2. The van der Waals surface area contributed by atoms with Gasteiger partial charge in [0.2, 0.25) is 0 Å². The van der Waals surface area contributed by atoms with Gasteiger partial charge in [-0.1, -0.05) is 29.4 Å². The summed E-state index contributed by atoms with van der Waals surface area (Å²) in [6.45, 7) is 0.119. The second-order valence-electron chi connectivity index (χ2n) is 3.71. The van der Waals surface area contributed by atoms with Gasteiger partial charge < -0.3 is 0 Å². The summed E-state index contributed by atoms with van der Waals surface area (Å²) >= 11 is 0. The van der Waals surface area contributed by atoms with Crippen molar-refractivity contribution < 1.29 is 14.4 Å². The first-order valence-electron chi connectivity index (χ1n) is 5.33. The Balaban J connectivity index is 1.96. The Hall–Kier alpha value is -2.37. The fraction of sp³-hybridized carbons (Fsp3) is 0.273. The molecule has 1 saturated heterocycles. The highest BCUT2D eigenvalue weighted by molar-refractivity contribution is 6.00. The van der Waals surface area contributed by atoms with Gasteiger partial charge in [-0.2, -0.15) is 5.06 Å². The second kappa shape index (κ2) is 5.31. The zero-order valence-electron chi connectivity index (χ0n) is 9.44. The van der Waals surface area contributed by atoms with Crippen LogP contribution in [0.3, 0.4) is 0 Å². The first kappa shape index (κ1) is 12.1. The highest BCUT2D eigenvalue weighted by atomic mass is 16.7. The molecule has 0 aromatic heterocycles. The van der Waals surface area contributed by atoms with E-state index in [9.17, 15) is 9.59 Å². The molecule has 1 aliphatic heterocycles. The fourth-order valence-corrected chi connectivity index (χ4v) is 1.55. The maximum absolute atomic E-state index is 11.3. The molecule has 1 aliphatic rings. The first-order chi connectivity index (χ1) is 8.70. The molecule has 0 aliphatic carbocycles. The van der Waals surface area contributed by atoms with Crippen LogP contribution in [0.4, 0.5) is 5.69 Å². The van der Waals surface area contributed by atoms with E-state index in [4.69, 9.17) is 10.4 Å². The van der Waals surface area contributed by atoms with Crippen LogP contribution in [0.1, 0.15) is 18.4 Å². The van der Waals surface area contributed by atoms with Crippen molar-refractivity contribution in [1.82, 2.24) is 5.06 Å². The number of carbonyl (C=O) groups is 2. The Morgan fingerprint density at radius 3 is 2.39 bits per heavy atom. The molecule has 0 radical (unpaired) electrons. The standard InChI is InChI=1S/C11H10N4O3/c12-14-13-9-3-1-8(2-4-9)7-18-15-10(16)5-6-11(15)17/h1-4H,5-7H2. The van der Waals surface area contributed by atoms with Crippen LogP contribution in [0.2, 0.25) is 0 Å². The minimum Gasteiger partial charge on any atom is -0.272 e.